The molecule has 0 N–H and O–H groups in total. The van der Waals surface area contributed by atoms with Crippen LogP contribution < -0.4 is 0 Å². The third-order valence-electron chi connectivity index (χ3n) is 5.42. The van der Waals surface area contributed by atoms with Gasteiger partial charge in [0.25, 0.3) is 0 Å². The SMILES string of the molecule is Cc1ccc(CN2CC3(C2)OCC[C@@H]3COCc2cccnc2)cc1. The Kier molecular flexibility index (Phi) is 4.84. The Morgan fingerprint density at radius 3 is 2.80 bits per heavy atom. The molecule has 0 saturated carbocycles. The molecule has 0 radical (unpaired) electrons. The van der Waals surface area contributed by atoms with E-state index in [-0.39, 0.29) is 5.60 Å². The molecule has 2 aromatic rings. The van der Waals surface area contributed by atoms with Gasteiger partial charge in [0.05, 0.1) is 18.8 Å². The van der Waals surface area contributed by atoms with Crippen LogP contribution in [0.4, 0.5) is 0 Å². The molecule has 1 aromatic carbocycles. The van der Waals surface area contributed by atoms with E-state index in [1.54, 1.807) is 6.20 Å². The van der Waals surface area contributed by atoms with Crippen LogP contribution >= 0.6 is 0 Å². The van der Waals surface area contributed by atoms with Crippen LogP contribution in [-0.4, -0.2) is 41.8 Å². The highest BCUT2D eigenvalue weighted by atomic mass is 16.5. The Labute approximate surface area is 149 Å². The van der Waals surface area contributed by atoms with Crippen LogP contribution in [0, 0.1) is 12.8 Å². The summed E-state index contributed by atoms with van der Waals surface area (Å²) < 4.78 is 12.1. The van der Waals surface area contributed by atoms with Crippen LogP contribution in [0.1, 0.15) is 23.1 Å². The predicted octanol–water partition coefficient (Wildman–Crippen LogP) is 3.20. The lowest BCUT2D eigenvalue weighted by atomic mass is 9.81. The van der Waals surface area contributed by atoms with Crippen molar-refractivity contribution < 1.29 is 9.47 Å². The van der Waals surface area contributed by atoms with Gasteiger partial charge in [-0.2, -0.15) is 0 Å². The summed E-state index contributed by atoms with van der Waals surface area (Å²) in [6, 6.07) is 12.8. The second-order valence-electron chi connectivity index (χ2n) is 7.41. The number of likely N-dealkylation sites (tertiary alicyclic amines) is 1. The molecule has 0 amide bonds. The number of hydrogen-bond acceptors (Lipinski definition) is 4. The molecule has 2 fully saturated rings. The standard InChI is InChI=1S/C21H26N2O2/c1-17-4-6-18(7-5-17)12-23-15-21(16-23)20(8-10-25-21)14-24-13-19-3-2-9-22-11-19/h2-7,9,11,20H,8,10,12-16H2,1H3/t20-/m1/s1. The van der Waals surface area contributed by atoms with E-state index in [0.29, 0.717) is 12.5 Å². The molecule has 1 atom stereocenters. The zero-order valence-electron chi connectivity index (χ0n) is 14.9. The van der Waals surface area contributed by atoms with Crippen LogP contribution in [-0.2, 0) is 22.6 Å². The first-order valence-corrected chi connectivity index (χ1v) is 9.12. The minimum Gasteiger partial charge on any atom is -0.376 e. The number of benzene rings is 1. The molecule has 2 aliphatic heterocycles. The molecule has 4 nitrogen and oxygen atoms in total. The van der Waals surface area contributed by atoms with Gasteiger partial charge in [0.2, 0.25) is 0 Å². The third-order valence-corrected chi connectivity index (χ3v) is 5.42. The number of rotatable bonds is 6. The van der Waals surface area contributed by atoms with Gasteiger partial charge >= 0.3 is 0 Å². The van der Waals surface area contributed by atoms with Crippen LogP contribution in [0.2, 0.25) is 0 Å². The van der Waals surface area contributed by atoms with E-state index in [9.17, 15) is 0 Å². The Morgan fingerprint density at radius 1 is 1.20 bits per heavy atom. The minimum absolute atomic E-state index is 0.0135. The lowest BCUT2D eigenvalue weighted by molar-refractivity contribution is -0.146. The van der Waals surface area contributed by atoms with Crippen LogP contribution in [0.5, 0.6) is 0 Å². The molecule has 25 heavy (non-hydrogen) atoms. The van der Waals surface area contributed by atoms with Gasteiger partial charge in [-0.25, -0.2) is 0 Å². The highest BCUT2D eigenvalue weighted by Gasteiger charge is 2.52. The molecule has 2 aliphatic rings. The van der Waals surface area contributed by atoms with Crippen molar-refractivity contribution in [1.29, 1.82) is 0 Å². The first-order chi connectivity index (χ1) is 12.2. The van der Waals surface area contributed by atoms with Crippen molar-refractivity contribution in [2.75, 3.05) is 26.3 Å². The van der Waals surface area contributed by atoms with E-state index in [0.717, 1.165) is 44.8 Å². The fraction of sp³-hybridized carbons (Fsp3) is 0.476. The molecule has 3 heterocycles. The second-order valence-corrected chi connectivity index (χ2v) is 7.41. The maximum atomic E-state index is 6.14. The first kappa shape index (κ1) is 16.7. The average molecular weight is 338 g/mol. The summed E-state index contributed by atoms with van der Waals surface area (Å²) in [5.41, 5.74) is 3.83. The van der Waals surface area contributed by atoms with E-state index >= 15 is 0 Å². The number of hydrogen-bond donors (Lipinski definition) is 0. The Morgan fingerprint density at radius 2 is 2.04 bits per heavy atom. The highest BCUT2D eigenvalue weighted by Crippen LogP contribution is 2.40. The molecule has 1 spiro atoms. The number of nitrogens with zero attached hydrogens (tertiary/aromatic N) is 2. The lowest BCUT2D eigenvalue weighted by Gasteiger charge is -2.50. The van der Waals surface area contributed by atoms with Crippen molar-refractivity contribution in [3.8, 4) is 0 Å². The number of aromatic nitrogens is 1. The summed E-state index contributed by atoms with van der Waals surface area (Å²) in [6.07, 6.45) is 4.76. The topological polar surface area (TPSA) is 34.6 Å². The summed E-state index contributed by atoms with van der Waals surface area (Å²) in [7, 11) is 0. The fourth-order valence-electron chi connectivity index (χ4n) is 3.95. The number of pyridine rings is 1. The van der Waals surface area contributed by atoms with Crippen LogP contribution in [0.3, 0.4) is 0 Å². The van der Waals surface area contributed by atoms with Crippen molar-refractivity contribution >= 4 is 0 Å². The maximum Gasteiger partial charge on any atom is 0.0985 e. The summed E-state index contributed by atoms with van der Waals surface area (Å²) in [4.78, 5) is 6.61. The van der Waals surface area contributed by atoms with E-state index in [1.807, 2.05) is 12.3 Å². The molecule has 2 saturated heterocycles. The largest absolute Gasteiger partial charge is 0.376 e. The monoisotopic (exact) mass is 338 g/mol. The Balaban J connectivity index is 1.26. The van der Waals surface area contributed by atoms with Gasteiger partial charge in [-0.1, -0.05) is 35.9 Å². The van der Waals surface area contributed by atoms with Crippen molar-refractivity contribution in [2.24, 2.45) is 5.92 Å². The van der Waals surface area contributed by atoms with Gasteiger partial charge in [0.1, 0.15) is 0 Å². The second kappa shape index (κ2) is 7.24. The average Bonchev–Trinajstić information content (AvgIpc) is 3.01. The molecule has 4 rings (SSSR count). The molecule has 132 valence electrons. The molecule has 4 heteroatoms. The molecule has 0 unspecified atom stereocenters. The maximum absolute atomic E-state index is 6.14. The smallest absolute Gasteiger partial charge is 0.0985 e. The zero-order valence-corrected chi connectivity index (χ0v) is 14.9. The van der Waals surface area contributed by atoms with Gasteiger partial charge in [-0.05, 0) is 30.5 Å². The molecule has 0 bridgehead atoms. The highest BCUT2D eigenvalue weighted by molar-refractivity contribution is 5.22. The quantitative estimate of drug-likeness (QED) is 0.810. The number of ether oxygens (including phenoxy) is 2. The van der Waals surface area contributed by atoms with Crippen molar-refractivity contribution in [3.63, 3.8) is 0 Å². The van der Waals surface area contributed by atoms with Gasteiger partial charge in [-0.3, -0.25) is 9.88 Å². The normalized spacial score (nSPS) is 22.2. The predicted molar refractivity (Wildman–Crippen MR) is 97.1 cm³/mol. The van der Waals surface area contributed by atoms with E-state index < -0.39 is 0 Å². The van der Waals surface area contributed by atoms with Crippen molar-refractivity contribution in [2.45, 2.75) is 32.1 Å². The van der Waals surface area contributed by atoms with E-state index in [4.69, 9.17) is 9.47 Å². The van der Waals surface area contributed by atoms with Crippen molar-refractivity contribution in [1.82, 2.24) is 9.88 Å². The summed E-state index contributed by atoms with van der Waals surface area (Å²) >= 11 is 0. The molecular weight excluding hydrogens is 312 g/mol. The van der Waals surface area contributed by atoms with Crippen LogP contribution in [0.15, 0.2) is 48.8 Å². The third kappa shape index (κ3) is 3.76. The van der Waals surface area contributed by atoms with E-state index in [2.05, 4.69) is 47.1 Å². The molecule has 1 aromatic heterocycles. The van der Waals surface area contributed by atoms with Gasteiger partial charge in [0, 0.05) is 44.6 Å². The van der Waals surface area contributed by atoms with Crippen molar-refractivity contribution in [3.05, 3.63) is 65.5 Å². The zero-order chi connectivity index (χ0) is 17.1. The van der Waals surface area contributed by atoms with E-state index in [1.165, 1.54) is 11.1 Å². The fourth-order valence-corrected chi connectivity index (χ4v) is 3.95. The molecular formula is C21H26N2O2. The summed E-state index contributed by atoms with van der Waals surface area (Å²) in [5, 5.41) is 0. The van der Waals surface area contributed by atoms with Crippen LogP contribution in [0.25, 0.3) is 0 Å². The Bertz CT molecular complexity index is 681. The lowest BCUT2D eigenvalue weighted by Crippen LogP contribution is -2.64. The number of aryl methyl sites for hydroxylation is 1. The molecule has 0 aliphatic carbocycles. The first-order valence-electron chi connectivity index (χ1n) is 9.12. The van der Waals surface area contributed by atoms with Gasteiger partial charge < -0.3 is 9.47 Å². The van der Waals surface area contributed by atoms with Gasteiger partial charge in [-0.15, -0.1) is 0 Å². The Hall–Kier alpha value is -1.75. The van der Waals surface area contributed by atoms with Gasteiger partial charge in [0.15, 0.2) is 0 Å². The summed E-state index contributed by atoms with van der Waals surface area (Å²) in [6.45, 7) is 7.43. The minimum atomic E-state index is 0.0135. The summed E-state index contributed by atoms with van der Waals surface area (Å²) in [5.74, 6) is 0.499.